The lowest BCUT2D eigenvalue weighted by molar-refractivity contribution is 0.0782. The van der Waals surface area contributed by atoms with Gasteiger partial charge in [-0.1, -0.05) is 20.3 Å². The van der Waals surface area contributed by atoms with Crippen LogP contribution in [0.15, 0.2) is 0 Å². The Hall–Kier alpha value is -0.120. The Morgan fingerprint density at radius 2 is 2.00 bits per heavy atom. The molecule has 1 rings (SSSR count). The third kappa shape index (κ3) is 3.19. The highest BCUT2D eigenvalue weighted by molar-refractivity contribution is 4.88. The Labute approximate surface area is 100 Å². The first kappa shape index (κ1) is 13.9. The maximum absolute atomic E-state index is 9.22. The van der Waals surface area contributed by atoms with Crippen molar-refractivity contribution in [2.45, 2.75) is 58.0 Å². The fourth-order valence-electron chi connectivity index (χ4n) is 3.22. The zero-order valence-electron chi connectivity index (χ0n) is 10.9. The van der Waals surface area contributed by atoms with E-state index in [0.717, 1.165) is 13.1 Å². The van der Waals surface area contributed by atoms with Crippen molar-refractivity contribution in [2.24, 2.45) is 11.7 Å². The SMILES string of the molecule is CCC(CC)N(CCO)C1CCCC1CN. The average Bonchev–Trinajstić information content (AvgIpc) is 2.77. The largest absolute Gasteiger partial charge is 0.395 e. The van der Waals surface area contributed by atoms with Gasteiger partial charge in [-0.05, 0) is 38.1 Å². The number of aliphatic hydroxyl groups is 1. The predicted molar refractivity (Wildman–Crippen MR) is 68.3 cm³/mol. The first-order valence-corrected chi connectivity index (χ1v) is 6.85. The van der Waals surface area contributed by atoms with Crippen LogP contribution in [-0.2, 0) is 0 Å². The topological polar surface area (TPSA) is 49.5 Å². The van der Waals surface area contributed by atoms with Crippen LogP contribution in [-0.4, -0.2) is 41.8 Å². The molecule has 3 nitrogen and oxygen atoms in total. The molecule has 0 aromatic carbocycles. The number of hydrogen-bond acceptors (Lipinski definition) is 3. The number of aliphatic hydroxyl groups excluding tert-OH is 1. The van der Waals surface area contributed by atoms with Gasteiger partial charge >= 0.3 is 0 Å². The Morgan fingerprint density at radius 1 is 1.31 bits per heavy atom. The molecule has 16 heavy (non-hydrogen) atoms. The van der Waals surface area contributed by atoms with E-state index in [9.17, 15) is 5.11 Å². The van der Waals surface area contributed by atoms with E-state index in [1.807, 2.05) is 0 Å². The van der Waals surface area contributed by atoms with Crippen LogP contribution in [0.1, 0.15) is 46.0 Å². The van der Waals surface area contributed by atoms with Crippen molar-refractivity contribution in [3.8, 4) is 0 Å². The van der Waals surface area contributed by atoms with E-state index < -0.39 is 0 Å². The summed E-state index contributed by atoms with van der Waals surface area (Å²) in [4.78, 5) is 2.52. The summed E-state index contributed by atoms with van der Waals surface area (Å²) in [6, 6.07) is 1.23. The highest BCUT2D eigenvalue weighted by Gasteiger charge is 2.33. The second kappa shape index (κ2) is 7.25. The molecule has 0 radical (unpaired) electrons. The predicted octanol–water partition coefficient (Wildman–Crippen LogP) is 1.60. The van der Waals surface area contributed by atoms with Gasteiger partial charge in [-0.15, -0.1) is 0 Å². The monoisotopic (exact) mass is 228 g/mol. The molecule has 2 unspecified atom stereocenters. The van der Waals surface area contributed by atoms with Crippen LogP contribution < -0.4 is 5.73 Å². The van der Waals surface area contributed by atoms with Crippen molar-refractivity contribution in [2.75, 3.05) is 19.7 Å². The van der Waals surface area contributed by atoms with Crippen molar-refractivity contribution in [1.82, 2.24) is 4.90 Å². The van der Waals surface area contributed by atoms with E-state index in [0.29, 0.717) is 18.0 Å². The highest BCUT2D eigenvalue weighted by atomic mass is 16.3. The first-order chi connectivity index (χ1) is 7.78. The molecule has 1 aliphatic carbocycles. The summed E-state index contributed by atoms with van der Waals surface area (Å²) in [6.07, 6.45) is 6.17. The Kier molecular flexibility index (Phi) is 6.32. The minimum atomic E-state index is 0.268. The summed E-state index contributed by atoms with van der Waals surface area (Å²) in [7, 11) is 0. The molecule has 0 bridgehead atoms. The molecular weight excluding hydrogens is 200 g/mol. The molecule has 2 atom stereocenters. The van der Waals surface area contributed by atoms with Gasteiger partial charge in [0.15, 0.2) is 0 Å². The third-order valence-electron chi connectivity index (χ3n) is 4.12. The molecular formula is C13H28N2O. The average molecular weight is 228 g/mol. The normalized spacial score (nSPS) is 25.9. The third-order valence-corrected chi connectivity index (χ3v) is 4.12. The van der Waals surface area contributed by atoms with Gasteiger partial charge in [0.25, 0.3) is 0 Å². The van der Waals surface area contributed by atoms with Crippen LogP contribution in [0.3, 0.4) is 0 Å². The summed E-state index contributed by atoms with van der Waals surface area (Å²) >= 11 is 0. The molecule has 0 heterocycles. The smallest absolute Gasteiger partial charge is 0.0558 e. The van der Waals surface area contributed by atoms with E-state index in [2.05, 4.69) is 18.7 Å². The van der Waals surface area contributed by atoms with Gasteiger partial charge in [-0.3, -0.25) is 4.90 Å². The standard InChI is InChI=1S/C13H28N2O/c1-3-12(4-2)15(8-9-16)13-7-5-6-11(13)10-14/h11-13,16H,3-10,14H2,1-2H3. The quantitative estimate of drug-likeness (QED) is 0.696. The second-order valence-electron chi connectivity index (χ2n) is 4.93. The lowest BCUT2D eigenvalue weighted by atomic mass is 9.98. The molecule has 0 aliphatic heterocycles. The van der Waals surface area contributed by atoms with E-state index in [1.165, 1.54) is 32.1 Å². The van der Waals surface area contributed by atoms with Crippen LogP contribution in [0, 0.1) is 5.92 Å². The minimum absolute atomic E-state index is 0.268. The second-order valence-corrected chi connectivity index (χ2v) is 4.93. The molecule has 0 amide bonds. The first-order valence-electron chi connectivity index (χ1n) is 6.85. The maximum Gasteiger partial charge on any atom is 0.0558 e. The molecule has 96 valence electrons. The van der Waals surface area contributed by atoms with E-state index in [1.54, 1.807) is 0 Å². The zero-order chi connectivity index (χ0) is 12.0. The molecule has 1 aliphatic rings. The number of rotatable bonds is 7. The molecule has 3 N–H and O–H groups in total. The van der Waals surface area contributed by atoms with Crippen molar-refractivity contribution in [3.05, 3.63) is 0 Å². The summed E-state index contributed by atoms with van der Waals surface area (Å²) in [5, 5.41) is 9.22. The van der Waals surface area contributed by atoms with Gasteiger partial charge < -0.3 is 10.8 Å². The summed E-state index contributed by atoms with van der Waals surface area (Å²) in [5.74, 6) is 0.646. The van der Waals surface area contributed by atoms with Gasteiger partial charge in [0.05, 0.1) is 6.61 Å². The molecule has 3 heteroatoms. The number of nitrogens with zero attached hydrogens (tertiary/aromatic N) is 1. The molecule has 1 fully saturated rings. The van der Waals surface area contributed by atoms with Crippen molar-refractivity contribution in [1.29, 1.82) is 0 Å². The van der Waals surface area contributed by atoms with Crippen molar-refractivity contribution < 1.29 is 5.11 Å². The lowest BCUT2D eigenvalue weighted by Crippen LogP contribution is -2.47. The lowest BCUT2D eigenvalue weighted by Gasteiger charge is -2.38. The van der Waals surface area contributed by atoms with Crippen molar-refractivity contribution in [3.63, 3.8) is 0 Å². The van der Waals surface area contributed by atoms with Crippen LogP contribution in [0.4, 0.5) is 0 Å². The highest BCUT2D eigenvalue weighted by Crippen LogP contribution is 2.31. The molecule has 0 saturated heterocycles. The Morgan fingerprint density at radius 3 is 2.50 bits per heavy atom. The van der Waals surface area contributed by atoms with E-state index in [-0.39, 0.29) is 6.61 Å². The van der Waals surface area contributed by atoms with Crippen LogP contribution >= 0.6 is 0 Å². The van der Waals surface area contributed by atoms with Crippen LogP contribution in [0.25, 0.3) is 0 Å². The Bertz CT molecular complexity index is 183. The van der Waals surface area contributed by atoms with Gasteiger partial charge in [-0.25, -0.2) is 0 Å². The van der Waals surface area contributed by atoms with Gasteiger partial charge in [0, 0.05) is 18.6 Å². The van der Waals surface area contributed by atoms with Crippen LogP contribution in [0.5, 0.6) is 0 Å². The van der Waals surface area contributed by atoms with E-state index >= 15 is 0 Å². The summed E-state index contributed by atoms with van der Waals surface area (Å²) < 4.78 is 0. The fourth-order valence-corrected chi connectivity index (χ4v) is 3.22. The van der Waals surface area contributed by atoms with Gasteiger partial charge in [0.1, 0.15) is 0 Å². The van der Waals surface area contributed by atoms with E-state index in [4.69, 9.17) is 5.73 Å². The molecule has 0 aromatic rings. The van der Waals surface area contributed by atoms with Gasteiger partial charge in [0.2, 0.25) is 0 Å². The fraction of sp³-hybridized carbons (Fsp3) is 1.00. The Balaban J connectivity index is 2.67. The number of hydrogen-bond donors (Lipinski definition) is 2. The van der Waals surface area contributed by atoms with Crippen LogP contribution in [0.2, 0.25) is 0 Å². The number of nitrogens with two attached hydrogens (primary N) is 1. The summed E-state index contributed by atoms with van der Waals surface area (Å²) in [5.41, 5.74) is 5.85. The maximum atomic E-state index is 9.22. The molecule has 0 aromatic heterocycles. The molecule has 1 saturated carbocycles. The zero-order valence-corrected chi connectivity index (χ0v) is 10.9. The molecule has 0 spiro atoms. The van der Waals surface area contributed by atoms with Crippen molar-refractivity contribution >= 4 is 0 Å². The van der Waals surface area contributed by atoms with Gasteiger partial charge in [-0.2, -0.15) is 0 Å². The summed E-state index contributed by atoms with van der Waals surface area (Å²) in [6.45, 7) is 6.36. The minimum Gasteiger partial charge on any atom is -0.395 e.